The van der Waals surface area contributed by atoms with Gasteiger partial charge in [-0.25, -0.2) is 14.8 Å². The van der Waals surface area contributed by atoms with Crippen molar-refractivity contribution in [3.8, 4) is 11.1 Å². The van der Waals surface area contributed by atoms with Gasteiger partial charge in [0, 0.05) is 44.6 Å². The molecule has 2 saturated heterocycles. The predicted octanol–water partition coefficient (Wildman–Crippen LogP) is 5.76. The molecule has 0 radical (unpaired) electrons. The fraction of sp³-hybridized carbons (Fsp3) is 0.517. The van der Waals surface area contributed by atoms with E-state index in [9.17, 15) is 9.59 Å². The van der Waals surface area contributed by atoms with Crippen LogP contribution in [0.2, 0.25) is 5.02 Å². The Morgan fingerprint density at radius 1 is 1.15 bits per heavy atom. The molecule has 2 aliphatic rings. The molecule has 9 nitrogen and oxygen atoms in total. The number of nitrogens with zero attached hydrogens (tertiary/aromatic N) is 4. The zero-order chi connectivity index (χ0) is 27.6. The van der Waals surface area contributed by atoms with E-state index in [1.54, 1.807) is 17.2 Å². The normalized spacial score (nSPS) is 18.8. The van der Waals surface area contributed by atoms with Gasteiger partial charge in [-0.2, -0.15) is 0 Å². The number of benzene rings is 1. The van der Waals surface area contributed by atoms with Gasteiger partial charge in [0.2, 0.25) is 5.91 Å². The van der Waals surface area contributed by atoms with Crippen molar-refractivity contribution in [2.45, 2.75) is 58.6 Å². The molecule has 10 heteroatoms. The number of hydrogen-bond acceptors (Lipinski definition) is 6. The van der Waals surface area contributed by atoms with Crippen LogP contribution >= 0.6 is 11.6 Å². The van der Waals surface area contributed by atoms with Crippen LogP contribution in [0.5, 0.6) is 0 Å². The number of fused-ring (bicyclic) bond motifs is 1. The number of pyridine rings is 1. The maximum atomic E-state index is 13.1. The number of carbonyl (C=O) groups is 2. The lowest BCUT2D eigenvalue weighted by Crippen LogP contribution is -2.45. The van der Waals surface area contributed by atoms with Crippen molar-refractivity contribution in [3.63, 3.8) is 0 Å². The number of rotatable bonds is 5. The van der Waals surface area contributed by atoms with Crippen molar-refractivity contribution in [3.05, 3.63) is 41.8 Å². The number of piperidine rings is 1. The van der Waals surface area contributed by atoms with Gasteiger partial charge in [-0.1, -0.05) is 17.7 Å². The highest BCUT2D eigenvalue weighted by Crippen LogP contribution is 2.32. The summed E-state index contributed by atoms with van der Waals surface area (Å²) in [4.78, 5) is 36.2. The van der Waals surface area contributed by atoms with Crippen LogP contribution < -0.4 is 5.32 Å². The number of anilines is 1. The topological polar surface area (TPSA) is 98.6 Å². The molecule has 2 amide bonds. The molecule has 0 bridgehead atoms. The largest absolute Gasteiger partial charge is 0.444 e. The number of ether oxygens (including phenoxy) is 2. The van der Waals surface area contributed by atoms with Crippen LogP contribution in [0.1, 0.15) is 46.5 Å². The smallest absolute Gasteiger partial charge is 0.410 e. The fourth-order valence-electron chi connectivity index (χ4n) is 5.22. The Labute approximate surface area is 233 Å². The van der Waals surface area contributed by atoms with Gasteiger partial charge in [0.15, 0.2) is 0 Å². The van der Waals surface area contributed by atoms with Crippen LogP contribution in [0.15, 0.2) is 36.8 Å². The summed E-state index contributed by atoms with van der Waals surface area (Å²) in [6.45, 7) is 8.91. The molecule has 3 aromatic rings. The fourth-order valence-corrected chi connectivity index (χ4v) is 5.43. The van der Waals surface area contributed by atoms with Crippen LogP contribution in [0.4, 0.5) is 10.6 Å². The van der Waals surface area contributed by atoms with Gasteiger partial charge >= 0.3 is 6.09 Å². The van der Waals surface area contributed by atoms with Crippen molar-refractivity contribution in [2.24, 2.45) is 11.8 Å². The summed E-state index contributed by atoms with van der Waals surface area (Å²) in [7, 11) is 0. The molecule has 1 unspecified atom stereocenters. The molecule has 39 heavy (non-hydrogen) atoms. The Balaban J connectivity index is 1.30. The van der Waals surface area contributed by atoms with Crippen LogP contribution in [0.3, 0.4) is 0 Å². The first-order chi connectivity index (χ1) is 18.7. The molecule has 5 rings (SSSR count). The molecule has 0 saturated carbocycles. The van der Waals surface area contributed by atoms with Gasteiger partial charge in [-0.15, -0.1) is 0 Å². The van der Waals surface area contributed by atoms with Gasteiger partial charge in [-0.05, 0) is 76.1 Å². The third kappa shape index (κ3) is 6.70. The van der Waals surface area contributed by atoms with Crippen molar-refractivity contribution in [1.29, 1.82) is 0 Å². The lowest BCUT2D eigenvalue weighted by molar-refractivity contribution is -0.121. The molecule has 0 spiro atoms. The summed E-state index contributed by atoms with van der Waals surface area (Å²) in [6, 6.07) is 7.87. The average Bonchev–Trinajstić information content (AvgIpc) is 3.31. The molecule has 1 aromatic carbocycles. The highest BCUT2D eigenvalue weighted by atomic mass is 35.5. The van der Waals surface area contributed by atoms with Crippen molar-refractivity contribution < 1.29 is 19.1 Å². The van der Waals surface area contributed by atoms with Crippen LogP contribution in [0, 0.1) is 11.8 Å². The number of carbonyl (C=O) groups excluding carboxylic acids is 2. The van der Waals surface area contributed by atoms with E-state index in [1.807, 2.05) is 39.2 Å². The maximum absolute atomic E-state index is 13.1. The highest BCUT2D eigenvalue weighted by molar-refractivity contribution is 6.33. The Kier molecular flexibility index (Phi) is 8.09. The lowest BCUT2D eigenvalue weighted by Gasteiger charge is -2.33. The summed E-state index contributed by atoms with van der Waals surface area (Å²) < 4.78 is 13.2. The number of likely N-dealkylation sites (tertiary alicyclic amines) is 1. The zero-order valence-corrected chi connectivity index (χ0v) is 23.5. The standard InChI is InChI=1S/C29H36ClN5O4/c1-29(2,3)39-28(37)34-10-4-5-21(17-34)27(36)33-26-14-22(23(30)15-31-26)20-6-7-24-25(13-20)35(18-32-24)16-19-8-11-38-12-9-19/h6-7,13-15,18-19,21H,4-5,8-12,16-17H2,1-3H3,(H,31,33,36). The minimum absolute atomic E-state index is 0.172. The number of aromatic nitrogens is 3. The monoisotopic (exact) mass is 553 g/mol. The van der Waals surface area contributed by atoms with E-state index in [4.69, 9.17) is 21.1 Å². The lowest BCUT2D eigenvalue weighted by atomic mass is 9.97. The van der Waals surface area contributed by atoms with Gasteiger partial charge in [0.1, 0.15) is 11.4 Å². The van der Waals surface area contributed by atoms with E-state index < -0.39 is 11.7 Å². The van der Waals surface area contributed by atoms with E-state index in [0.717, 1.165) is 61.2 Å². The zero-order valence-electron chi connectivity index (χ0n) is 22.8. The molecular formula is C29H36ClN5O4. The van der Waals surface area contributed by atoms with Crippen LogP contribution in [-0.2, 0) is 20.8 Å². The van der Waals surface area contributed by atoms with Gasteiger partial charge in [0.25, 0.3) is 0 Å². The SMILES string of the molecule is CC(C)(C)OC(=O)N1CCCC(C(=O)Nc2cc(-c3ccc4ncn(CC5CCOCC5)c4c3)c(Cl)cn2)C1. The predicted molar refractivity (Wildman–Crippen MR) is 151 cm³/mol. The van der Waals surface area contributed by atoms with Crippen molar-refractivity contribution in [2.75, 3.05) is 31.6 Å². The third-order valence-corrected chi connectivity index (χ3v) is 7.58. The first kappa shape index (κ1) is 27.4. The van der Waals surface area contributed by atoms with Gasteiger partial charge < -0.3 is 24.3 Å². The van der Waals surface area contributed by atoms with Crippen molar-refractivity contribution >= 4 is 40.5 Å². The second-order valence-corrected chi connectivity index (χ2v) is 11.9. The highest BCUT2D eigenvalue weighted by Gasteiger charge is 2.31. The maximum Gasteiger partial charge on any atom is 0.410 e. The molecule has 1 atom stereocenters. The molecule has 208 valence electrons. The second-order valence-electron chi connectivity index (χ2n) is 11.5. The third-order valence-electron chi connectivity index (χ3n) is 7.28. The summed E-state index contributed by atoms with van der Waals surface area (Å²) >= 11 is 6.57. The minimum Gasteiger partial charge on any atom is -0.444 e. The van der Waals surface area contributed by atoms with E-state index in [-0.39, 0.29) is 11.8 Å². The first-order valence-electron chi connectivity index (χ1n) is 13.6. The summed E-state index contributed by atoms with van der Waals surface area (Å²) in [5, 5.41) is 3.43. The molecule has 2 aromatic heterocycles. The van der Waals surface area contributed by atoms with Crippen molar-refractivity contribution in [1.82, 2.24) is 19.4 Å². The Morgan fingerprint density at radius 3 is 2.72 bits per heavy atom. The molecule has 1 N–H and O–H groups in total. The summed E-state index contributed by atoms with van der Waals surface area (Å²) in [5.41, 5.74) is 3.09. The quantitative estimate of drug-likeness (QED) is 0.431. The summed E-state index contributed by atoms with van der Waals surface area (Å²) in [5.74, 6) is 0.471. The van der Waals surface area contributed by atoms with Gasteiger partial charge in [0.05, 0.1) is 28.3 Å². The molecule has 4 heterocycles. The molecule has 0 aliphatic carbocycles. The Bertz CT molecular complexity index is 1350. The Hall–Kier alpha value is -3.17. The number of nitrogens with one attached hydrogen (secondary N) is 1. The number of amides is 2. The molecule has 2 aliphatic heterocycles. The van der Waals surface area contributed by atoms with E-state index in [1.165, 1.54) is 0 Å². The van der Waals surface area contributed by atoms with E-state index in [2.05, 4.69) is 25.9 Å². The average molecular weight is 554 g/mol. The van der Waals surface area contributed by atoms with Crippen LogP contribution in [0.25, 0.3) is 22.2 Å². The molecule has 2 fully saturated rings. The van der Waals surface area contributed by atoms with Gasteiger partial charge in [-0.3, -0.25) is 4.79 Å². The number of halogens is 1. The summed E-state index contributed by atoms with van der Waals surface area (Å²) in [6.07, 6.45) is 6.60. The van der Waals surface area contributed by atoms with E-state index in [0.29, 0.717) is 36.3 Å². The number of hydrogen-bond donors (Lipinski definition) is 1. The van der Waals surface area contributed by atoms with Crippen LogP contribution in [-0.4, -0.2) is 63.3 Å². The number of imidazole rings is 1. The molecular weight excluding hydrogens is 518 g/mol. The Morgan fingerprint density at radius 2 is 1.95 bits per heavy atom. The first-order valence-corrected chi connectivity index (χ1v) is 14.0. The minimum atomic E-state index is -0.582. The second kappa shape index (κ2) is 11.5. The van der Waals surface area contributed by atoms with E-state index >= 15 is 0 Å².